The normalized spacial score (nSPS) is 20.3. The van der Waals surface area contributed by atoms with Crippen molar-refractivity contribution in [1.82, 2.24) is 5.32 Å². The molecule has 2 atom stereocenters. The molecule has 0 amide bonds. The van der Waals surface area contributed by atoms with Crippen molar-refractivity contribution in [3.63, 3.8) is 0 Å². The third kappa shape index (κ3) is 2.66. The first kappa shape index (κ1) is 13.3. The second kappa shape index (κ2) is 4.88. The lowest BCUT2D eigenvalue weighted by Gasteiger charge is -2.25. The molecule has 0 aromatic heterocycles. The van der Waals surface area contributed by atoms with Crippen molar-refractivity contribution < 1.29 is 9.13 Å². The molecule has 0 radical (unpaired) electrons. The van der Waals surface area contributed by atoms with Crippen LogP contribution in [0.25, 0.3) is 0 Å². The summed E-state index contributed by atoms with van der Waals surface area (Å²) in [5.74, 6) is 0.00194. The summed E-state index contributed by atoms with van der Waals surface area (Å²) in [5.41, 5.74) is 1.39. The second-order valence-electron chi connectivity index (χ2n) is 5.66. The molecule has 0 spiro atoms. The van der Waals surface area contributed by atoms with Gasteiger partial charge in [-0.3, -0.25) is 0 Å². The lowest BCUT2D eigenvalue weighted by atomic mass is 9.98. The Balaban J connectivity index is 2.04. The number of hydrogen-bond acceptors (Lipinski definition) is 2. The zero-order valence-electron chi connectivity index (χ0n) is 11.6. The average molecular weight is 251 g/mol. The largest absolute Gasteiger partial charge is 0.494 e. The summed E-state index contributed by atoms with van der Waals surface area (Å²) in [4.78, 5) is 0. The predicted octanol–water partition coefficient (Wildman–Crippen LogP) is 3.67. The van der Waals surface area contributed by atoms with Gasteiger partial charge in [0.25, 0.3) is 0 Å². The Bertz CT molecular complexity index is 429. The fourth-order valence-electron chi connectivity index (χ4n) is 2.25. The highest BCUT2D eigenvalue weighted by molar-refractivity contribution is 5.30. The van der Waals surface area contributed by atoms with Gasteiger partial charge in [0.15, 0.2) is 11.6 Å². The van der Waals surface area contributed by atoms with Gasteiger partial charge in [-0.25, -0.2) is 4.39 Å². The molecule has 1 aliphatic carbocycles. The van der Waals surface area contributed by atoms with Crippen molar-refractivity contribution in [3.05, 3.63) is 29.6 Å². The molecule has 1 aromatic carbocycles. The number of hydrogen-bond donors (Lipinski definition) is 1. The monoisotopic (exact) mass is 251 g/mol. The summed E-state index contributed by atoms with van der Waals surface area (Å²) in [6, 6.07) is 5.77. The first-order chi connectivity index (χ1) is 8.46. The summed E-state index contributed by atoms with van der Waals surface area (Å²) in [6.45, 7) is 6.58. The summed E-state index contributed by atoms with van der Waals surface area (Å²) >= 11 is 0. The van der Waals surface area contributed by atoms with Crippen LogP contribution in [0.3, 0.4) is 0 Å². The lowest BCUT2D eigenvalue weighted by Crippen LogP contribution is -2.35. The molecule has 0 saturated heterocycles. The second-order valence-corrected chi connectivity index (χ2v) is 5.66. The highest BCUT2D eigenvalue weighted by Gasteiger charge is 2.42. The van der Waals surface area contributed by atoms with Crippen molar-refractivity contribution in [2.45, 2.75) is 45.7 Å². The minimum Gasteiger partial charge on any atom is -0.494 e. The van der Waals surface area contributed by atoms with Crippen LogP contribution in [0.1, 0.15) is 45.2 Å². The van der Waals surface area contributed by atoms with Gasteiger partial charge >= 0.3 is 0 Å². The number of benzene rings is 1. The van der Waals surface area contributed by atoms with Crippen molar-refractivity contribution in [1.29, 1.82) is 0 Å². The molecular weight excluding hydrogens is 229 g/mol. The van der Waals surface area contributed by atoms with E-state index in [1.54, 1.807) is 12.1 Å². The van der Waals surface area contributed by atoms with E-state index >= 15 is 0 Å². The van der Waals surface area contributed by atoms with E-state index in [-0.39, 0.29) is 11.9 Å². The summed E-state index contributed by atoms with van der Waals surface area (Å²) in [7, 11) is 1.48. The van der Waals surface area contributed by atoms with Crippen molar-refractivity contribution in [2.75, 3.05) is 7.11 Å². The van der Waals surface area contributed by atoms with Gasteiger partial charge in [0.1, 0.15) is 0 Å². The SMILES string of the molecule is COc1ccc(C(C)NC(C)C2(C)CC2)cc1F. The third-order valence-corrected chi connectivity index (χ3v) is 4.26. The molecule has 3 heteroatoms. The van der Waals surface area contributed by atoms with E-state index in [1.807, 2.05) is 6.07 Å². The minimum absolute atomic E-state index is 0.151. The molecule has 100 valence electrons. The Morgan fingerprint density at radius 1 is 1.33 bits per heavy atom. The van der Waals surface area contributed by atoms with Crippen LogP contribution < -0.4 is 10.1 Å². The van der Waals surface area contributed by atoms with E-state index in [0.717, 1.165) is 5.56 Å². The van der Waals surface area contributed by atoms with Crippen molar-refractivity contribution in [3.8, 4) is 5.75 Å². The summed E-state index contributed by atoms with van der Waals surface area (Å²) < 4.78 is 18.6. The van der Waals surface area contributed by atoms with Crippen molar-refractivity contribution >= 4 is 0 Å². The van der Waals surface area contributed by atoms with Gasteiger partial charge in [-0.15, -0.1) is 0 Å². The van der Waals surface area contributed by atoms with Gasteiger partial charge in [0, 0.05) is 12.1 Å². The van der Waals surface area contributed by atoms with Crippen LogP contribution in [-0.2, 0) is 0 Å². The molecular formula is C15H22FNO. The smallest absolute Gasteiger partial charge is 0.165 e. The number of rotatable bonds is 5. The highest BCUT2D eigenvalue weighted by atomic mass is 19.1. The van der Waals surface area contributed by atoms with Gasteiger partial charge in [-0.05, 0) is 49.8 Å². The number of halogens is 1. The van der Waals surface area contributed by atoms with Crippen LogP contribution in [0, 0.1) is 11.2 Å². The molecule has 1 fully saturated rings. The van der Waals surface area contributed by atoms with Crippen LogP contribution in [-0.4, -0.2) is 13.2 Å². The van der Waals surface area contributed by atoms with Gasteiger partial charge in [-0.2, -0.15) is 0 Å². The maximum Gasteiger partial charge on any atom is 0.165 e. The molecule has 2 nitrogen and oxygen atoms in total. The summed E-state index contributed by atoms with van der Waals surface area (Å²) in [5, 5.41) is 3.56. The molecule has 0 aliphatic heterocycles. The zero-order valence-corrected chi connectivity index (χ0v) is 11.6. The Hall–Kier alpha value is -1.09. The first-order valence-corrected chi connectivity index (χ1v) is 6.56. The van der Waals surface area contributed by atoms with Gasteiger partial charge in [0.2, 0.25) is 0 Å². The Morgan fingerprint density at radius 2 is 2.00 bits per heavy atom. The van der Waals surface area contributed by atoms with E-state index in [1.165, 1.54) is 20.0 Å². The molecule has 0 heterocycles. The first-order valence-electron chi connectivity index (χ1n) is 6.56. The van der Waals surface area contributed by atoms with Crippen molar-refractivity contribution in [2.24, 2.45) is 5.41 Å². The van der Waals surface area contributed by atoms with Crippen LogP contribution in [0.5, 0.6) is 5.75 Å². The van der Waals surface area contributed by atoms with Gasteiger partial charge < -0.3 is 10.1 Å². The van der Waals surface area contributed by atoms with E-state index in [9.17, 15) is 4.39 Å². The fourth-order valence-corrected chi connectivity index (χ4v) is 2.25. The number of ether oxygens (including phenoxy) is 1. The van der Waals surface area contributed by atoms with Crippen LogP contribution in [0.4, 0.5) is 4.39 Å². The van der Waals surface area contributed by atoms with Gasteiger partial charge in [-0.1, -0.05) is 13.0 Å². The number of methoxy groups -OCH3 is 1. The molecule has 18 heavy (non-hydrogen) atoms. The fraction of sp³-hybridized carbons (Fsp3) is 0.600. The molecule has 1 aliphatic rings. The minimum atomic E-state index is -0.297. The van der Waals surface area contributed by atoms with Crippen LogP contribution in [0.15, 0.2) is 18.2 Å². The zero-order chi connectivity index (χ0) is 13.3. The number of nitrogens with one attached hydrogen (secondary N) is 1. The molecule has 1 aromatic rings. The Morgan fingerprint density at radius 3 is 2.50 bits per heavy atom. The topological polar surface area (TPSA) is 21.3 Å². The summed E-state index contributed by atoms with van der Waals surface area (Å²) in [6.07, 6.45) is 2.57. The van der Waals surface area contributed by atoms with E-state index in [0.29, 0.717) is 17.2 Å². The molecule has 2 rings (SSSR count). The van der Waals surface area contributed by atoms with Gasteiger partial charge in [0.05, 0.1) is 7.11 Å². The molecule has 2 unspecified atom stereocenters. The van der Waals surface area contributed by atoms with E-state index in [4.69, 9.17) is 4.74 Å². The lowest BCUT2D eigenvalue weighted by molar-refractivity contribution is 0.348. The van der Waals surface area contributed by atoms with Crippen LogP contribution >= 0.6 is 0 Å². The predicted molar refractivity (Wildman–Crippen MR) is 71.3 cm³/mol. The maximum absolute atomic E-state index is 13.6. The Labute approximate surface area is 109 Å². The molecule has 0 bridgehead atoms. The van der Waals surface area contributed by atoms with Crippen LogP contribution in [0.2, 0.25) is 0 Å². The average Bonchev–Trinajstić information content (AvgIpc) is 3.08. The Kier molecular flexibility index (Phi) is 3.62. The standard InChI is InChI=1S/C15H22FNO/c1-10(17-11(2)15(3)7-8-15)12-5-6-14(18-4)13(16)9-12/h5-6,9-11,17H,7-8H2,1-4H3. The molecule has 1 N–H and O–H groups in total. The maximum atomic E-state index is 13.6. The quantitative estimate of drug-likeness (QED) is 0.862. The third-order valence-electron chi connectivity index (χ3n) is 4.26. The molecule has 1 saturated carbocycles. The van der Waals surface area contributed by atoms with E-state index in [2.05, 4.69) is 26.1 Å². The van der Waals surface area contributed by atoms with E-state index < -0.39 is 0 Å². The highest BCUT2D eigenvalue weighted by Crippen LogP contribution is 2.48.